The van der Waals surface area contributed by atoms with E-state index in [0.717, 1.165) is 39.7 Å². The number of hydrogen-bond acceptors (Lipinski definition) is 6. The summed E-state index contributed by atoms with van der Waals surface area (Å²) in [6.45, 7) is 7.86. The highest BCUT2D eigenvalue weighted by Gasteiger charge is 2.31. The molecule has 4 rings (SSSR count). The van der Waals surface area contributed by atoms with Gasteiger partial charge in [0, 0.05) is 11.3 Å². The van der Waals surface area contributed by atoms with Crippen LogP contribution in [0.2, 0.25) is 0 Å². The Morgan fingerprint density at radius 1 is 1.07 bits per heavy atom. The fourth-order valence-corrected chi connectivity index (χ4v) is 5.24. The van der Waals surface area contributed by atoms with Crippen LogP contribution in [0, 0.1) is 6.92 Å². The zero-order valence-corrected chi connectivity index (χ0v) is 27.6. The van der Waals surface area contributed by atoms with Crippen molar-refractivity contribution in [2.45, 2.75) is 43.6 Å². The molecule has 0 bridgehead atoms. The van der Waals surface area contributed by atoms with Crippen LogP contribution in [0.3, 0.4) is 0 Å². The molecule has 1 heterocycles. The molecule has 0 unspecified atom stereocenters. The van der Waals surface area contributed by atoms with E-state index in [-0.39, 0.29) is 16.8 Å². The lowest BCUT2D eigenvalue weighted by molar-refractivity contribution is -0.274. The van der Waals surface area contributed by atoms with Crippen LogP contribution >= 0.6 is 47.2 Å². The van der Waals surface area contributed by atoms with E-state index in [1.807, 2.05) is 37.3 Å². The molecule has 0 aliphatic heterocycles. The summed E-state index contributed by atoms with van der Waals surface area (Å²) in [4.78, 5) is 8.75. The molecule has 3 aromatic carbocycles. The number of halogens is 5. The van der Waals surface area contributed by atoms with Crippen molar-refractivity contribution in [3.05, 3.63) is 89.7 Å². The molecule has 4 aromatic rings. The molecule has 0 atom stereocenters. The normalized spacial score (nSPS) is 12.5. The Morgan fingerprint density at radius 2 is 1.76 bits per heavy atom. The van der Waals surface area contributed by atoms with E-state index in [1.165, 1.54) is 35.3 Å². The third kappa shape index (κ3) is 10.7. The van der Waals surface area contributed by atoms with Crippen LogP contribution in [-0.2, 0) is 0 Å². The molecule has 0 radical (unpaired) electrons. The topological polar surface area (TPSA) is 88.7 Å². The highest BCUT2D eigenvalue weighted by Crippen LogP contribution is 2.36. The first-order valence-corrected chi connectivity index (χ1v) is 15.4. The number of amidine groups is 1. The number of rotatable bonds is 8. The van der Waals surface area contributed by atoms with Gasteiger partial charge < -0.3 is 10.1 Å². The Bertz CT molecular complexity index is 1690. The molecule has 236 valence electrons. The summed E-state index contributed by atoms with van der Waals surface area (Å²) in [6, 6.07) is 18.7. The number of nitrogens with zero attached hydrogens (tertiary/aromatic N) is 5. The van der Waals surface area contributed by atoms with Crippen molar-refractivity contribution in [1.82, 2.24) is 20.2 Å². The number of aryl methyl sites for hydroxylation is 1. The molecule has 8 nitrogen and oxygen atoms in total. The van der Waals surface area contributed by atoms with Gasteiger partial charge in [0.05, 0.1) is 11.9 Å². The Balaban J connectivity index is 1.40. The van der Waals surface area contributed by atoms with Crippen LogP contribution in [0.4, 0.5) is 18.9 Å². The van der Waals surface area contributed by atoms with Gasteiger partial charge in [-0.3, -0.25) is 5.43 Å². The smallest absolute Gasteiger partial charge is 0.406 e. The second-order valence-corrected chi connectivity index (χ2v) is 14.0. The Hall–Kier alpha value is -3.65. The van der Waals surface area contributed by atoms with Crippen molar-refractivity contribution in [2.75, 3.05) is 5.32 Å². The van der Waals surface area contributed by atoms with Crippen molar-refractivity contribution >= 4 is 69.4 Å². The van der Waals surface area contributed by atoms with Crippen molar-refractivity contribution in [2.24, 2.45) is 10.1 Å². The third-order valence-electron chi connectivity index (χ3n) is 5.92. The zero-order chi connectivity index (χ0) is 32.8. The maximum Gasteiger partial charge on any atom is 0.573 e. The average Bonchev–Trinajstić information content (AvgIpc) is 3.42. The van der Waals surface area contributed by atoms with Crippen LogP contribution in [0.5, 0.6) is 5.75 Å². The number of aromatic nitrogens is 3. The molecule has 0 spiro atoms. The summed E-state index contributed by atoms with van der Waals surface area (Å²) in [5, 5.41) is 12.4. The summed E-state index contributed by atoms with van der Waals surface area (Å²) in [6.07, 6.45) is -1.71. The predicted octanol–water partition coefficient (Wildman–Crippen LogP) is 8.83. The van der Waals surface area contributed by atoms with Gasteiger partial charge in [0.2, 0.25) is 5.11 Å². The van der Waals surface area contributed by atoms with Crippen molar-refractivity contribution in [3.8, 4) is 22.8 Å². The second-order valence-electron chi connectivity index (χ2n) is 10.0. The minimum atomic E-state index is -4.76. The number of ether oxygens (including phenoxy) is 1. The quantitative estimate of drug-likeness (QED) is 0.0627. The van der Waals surface area contributed by atoms with Gasteiger partial charge in [-0.1, -0.05) is 73.4 Å². The minimum Gasteiger partial charge on any atom is -0.406 e. The van der Waals surface area contributed by atoms with Crippen LogP contribution in [0.15, 0.2) is 83.2 Å². The van der Waals surface area contributed by atoms with Gasteiger partial charge in [-0.25, -0.2) is 9.67 Å². The number of benzene rings is 3. The van der Waals surface area contributed by atoms with E-state index >= 15 is 0 Å². The Morgan fingerprint density at radius 3 is 2.38 bits per heavy atom. The number of anilines is 1. The van der Waals surface area contributed by atoms with E-state index in [0.29, 0.717) is 16.7 Å². The highest BCUT2D eigenvalue weighted by atomic mass is 35.5. The van der Waals surface area contributed by atoms with Crippen LogP contribution in [-0.4, -0.2) is 41.3 Å². The number of hydrogen-bond donors (Lipinski definition) is 2. The van der Waals surface area contributed by atoms with Gasteiger partial charge in [0.25, 0.3) is 0 Å². The lowest BCUT2D eigenvalue weighted by Gasteiger charge is -2.19. The fraction of sp³-hybridized carbons (Fsp3) is 0.233. The SMILES string of the molecule is Cc1ccc(C(C)C)c(NC(=NC(=S)N/N=C/c2ccc(-c3ncn(-c4ccc(OC(F)(F)F)cc4)n3)cc2)SC(C)(Cl)Cl)c1. The largest absolute Gasteiger partial charge is 0.573 e. The molecule has 0 amide bonds. The summed E-state index contributed by atoms with van der Waals surface area (Å²) < 4.78 is 41.4. The van der Waals surface area contributed by atoms with Gasteiger partial charge in [-0.2, -0.15) is 10.1 Å². The lowest BCUT2D eigenvalue weighted by Crippen LogP contribution is -2.21. The summed E-state index contributed by atoms with van der Waals surface area (Å²) >= 11 is 19.1. The van der Waals surface area contributed by atoms with E-state index in [2.05, 4.69) is 61.6 Å². The van der Waals surface area contributed by atoms with E-state index in [1.54, 1.807) is 13.1 Å². The summed E-state index contributed by atoms with van der Waals surface area (Å²) in [5.41, 5.74) is 7.83. The Kier molecular flexibility index (Phi) is 11.1. The number of thiocarbonyl (C=S) groups is 1. The van der Waals surface area contributed by atoms with Crippen molar-refractivity contribution in [1.29, 1.82) is 0 Å². The van der Waals surface area contributed by atoms with E-state index < -0.39 is 10.0 Å². The maximum atomic E-state index is 12.4. The summed E-state index contributed by atoms with van der Waals surface area (Å²) in [5.74, 6) is 0.380. The molecule has 2 N–H and O–H groups in total. The summed E-state index contributed by atoms with van der Waals surface area (Å²) in [7, 11) is 0. The third-order valence-corrected chi connectivity index (χ3v) is 7.31. The zero-order valence-electron chi connectivity index (χ0n) is 24.4. The number of aliphatic imine (C=N–C) groups is 1. The van der Waals surface area contributed by atoms with Crippen molar-refractivity contribution < 1.29 is 17.9 Å². The molecule has 0 fully saturated rings. The standard InChI is InChI=1S/C30H28Cl2F3N7OS2/c1-18(2)24-14-5-19(3)15-25(24)38-28(45-29(4,31)32)39-27(44)40-37-16-20-6-8-21(9-7-20)26-36-17-42(41-26)22-10-12-23(13-11-22)43-30(33,34)35/h5-18H,1-4H3,(H2,38,39,40,44)/b37-16+. The number of hydrazone groups is 1. The number of alkyl halides is 5. The molecular weight excluding hydrogens is 666 g/mol. The second kappa shape index (κ2) is 14.6. The van der Waals surface area contributed by atoms with Gasteiger partial charge in [0.1, 0.15) is 12.1 Å². The molecule has 15 heteroatoms. The molecule has 0 aliphatic carbocycles. The van der Waals surface area contributed by atoms with Crippen LogP contribution < -0.4 is 15.5 Å². The van der Waals surface area contributed by atoms with E-state index in [4.69, 9.17) is 35.4 Å². The molecule has 0 saturated carbocycles. The van der Waals surface area contributed by atoms with Gasteiger partial charge >= 0.3 is 6.36 Å². The highest BCUT2D eigenvalue weighted by molar-refractivity contribution is 8.17. The van der Waals surface area contributed by atoms with E-state index in [9.17, 15) is 13.2 Å². The monoisotopic (exact) mass is 693 g/mol. The number of nitrogens with one attached hydrogen (secondary N) is 2. The average molecular weight is 695 g/mol. The van der Waals surface area contributed by atoms with Crippen LogP contribution in [0.25, 0.3) is 17.1 Å². The first kappa shape index (κ1) is 34.2. The molecule has 0 aliphatic rings. The molecule has 45 heavy (non-hydrogen) atoms. The molecule has 1 aromatic heterocycles. The van der Waals surface area contributed by atoms with Gasteiger partial charge in [-0.05, 0) is 90.8 Å². The van der Waals surface area contributed by atoms with Gasteiger partial charge in [-0.15, -0.1) is 18.3 Å². The Labute approximate surface area is 278 Å². The first-order chi connectivity index (χ1) is 21.1. The number of thioether (sulfide) groups is 1. The first-order valence-electron chi connectivity index (χ1n) is 13.4. The van der Waals surface area contributed by atoms with Crippen molar-refractivity contribution in [3.63, 3.8) is 0 Å². The maximum absolute atomic E-state index is 12.4. The van der Waals surface area contributed by atoms with Gasteiger partial charge in [0.15, 0.2) is 14.7 Å². The fourth-order valence-electron chi connectivity index (χ4n) is 3.96. The molecule has 0 saturated heterocycles. The lowest BCUT2D eigenvalue weighted by atomic mass is 9.99. The van der Waals surface area contributed by atoms with Crippen LogP contribution in [0.1, 0.15) is 43.4 Å². The molecular formula is C30H28Cl2F3N7OS2. The predicted molar refractivity (Wildman–Crippen MR) is 181 cm³/mol. The minimum absolute atomic E-state index is 0.0990.